The van der Waals surface area contributed by atoms with Crippen molar-refractivity contribution in [1.29, 1.82) is 0 Å². The van der Waals surface area contributed by atoms with E-state index in [1.165, 1.54) is 0 Å². The molecule has 1 rings (SSSR count). The molecule has 0 fully saturated rings. The number of carboxylic acid groups (broad SMARTS) is 1. The number of hydrogen-bond donors (Lipinski definition) is 1. The van der Waals surface area contributed by atoms with Crippen LogP contribution in [-0.4, -0.2) is 17.1 Å². The lowest BCUT2D eigenvalue weighted by atomic mass is 10.1. The minimum absolute atomic E-state index is 0.623. The van der Waals surface area contributed by atoms with Crippen molar-refractivity contribution in [1.82, 2.24) is 0 Å². The van der Waals surface area contributed by atoms with Crippen LogP contribution >= 0.6 is 11.8 Å². The van der Waals surface area contributed by atoms with Gasteiger partial charge in [-0.3, -0.25) is 4.79 Å². The smallest absolute Gasteiger partial charge is 0.321 e. The van der Waals surface area contributed by atoms with Crippen LogP contribution in [0, 0.1) is 0 Å². The van der Waals surface area contributed by atoms with Gasteiger partial charge < -0.3 is 5.11 Å². The van der Waals surface area contributed by atoms with Crippen molar-refractivity contribution in [2.24, 2.45) is 0 Å². The first-order chi connectivity index (χ1) is 6.25. The molecule has 1 atom stereocenters. The van der Waals surface area contributed by atoms with Gasteiger partial charge in [0.2, 0.25) is 0 Å². The summed E-state index contributed by atoms with van der Waals surface area (Å²) in [6.07, 6.45) is 0. The largest absolute Gasteiger partial charge is 0.480 e. The first kappa shape index (κ1) is 10.1. The fraction of sp³-hybridized carbons (Fsp3) is 0.222. The Bertz CT molecular complexity index is 276. The summed E-state index contributed by atoms with van der Waals surface area (Å²) in [5.74, 6) is -1.01. The molecule has 0 heterocycles. The molecule has 0 amide bonds. The molecule has 1 aromatic carbocycles. The van der Waals surface area contributed by atoms with Gasteiger partial charge in [-0.15, -0.1) is 11.8 Å². The highest BCUT2D eigenvalue weighted by molar-refractivity contribution is 8.00. The van der Waals surface area contributed by atoms with Gasteiger partial charge in [-0.1, -0.05) is 30.3 Å². The van der Waals surface area contributed by atoms with Crippen molar-refractivity contribution in [3.63, 3.8) is 0 Å². The van der Waals surface area contributed by atoms with Crippen molar-refractivity contribution in [3.05, 3.63) is 35.9 Å². The van der Waals surface area contributed by atoms with E-state index in [1.54, 1.807) is 30.3 Å². The van der Waals surface area contributed by atoms with Crippen molar-refractivity contribution in [2.45, 2.75) is 5.25 Å². The van der Waals surface area contributed by atoms with E-state index in [0.29, 0.717) is 5.56 Å². The number of benzene rings is 1. The Kier molecular flexibility index (Phi) is 3.76. The average molecular weight is 200 g/mol. The van der Waals surface area contributed by atoms with E-state index in [1.807, 2.05) is 0 Å². The van der Waals surface area contributed by atoms with Crippen molar-refractivity contribution >= 4 is 17.7 Å². The van der Waals surface area contributed by atoms with Gasteiger partial charge in [0.15, 0.2) is 0 Å². The summed E-state index contributed by atoms with van der Waals surface area (Å²) in [5.41, 5.74) is 0.623. The second-order valence-electron chi connectivity index (χ2n) is 2.40. The lowest BCUT2D eigenvalue weighted by molar-refractivity contribution is -0.136. The minimum atomic E-state index is -1.01. The summed E-state index contributed by atoms with van der Waals surface area (Å²) in [5, 5.41) is 7.97. The summed E-state index contributed by atoms with van der Waals surface area (Å²) in [4.78, 5) is 10.7. The van der Waals surface area contributed by atoms with Crippen LogP contribution in [0.1, 0.15) is 10.8 Å². The van der Waals surface area contributed by atoms with Crippen LogP contribution in [0.15, 0.2) is 30.3 Å². The van der Waals surface area contributed by atoms with E-state index in [2.05, 4.69) is 0 Å². The van der Waals surface area contributed by atoms with E-state index < -0.39 is 17.2 Å². The third kappa shape index (κ3) is 2.73. The zero-order valence-corrected chi connectivity index (χ0v) is 7.63. The second-order valence-corrected chi connectivity index (χ2v) is 3.43. The lowest BCUT2D eigenvalue weighted by Gasteiger charge is -2.09. The van der Waals surface area contributed by atoms with Gasteiger partial charge in [0.25, 0.3) is 0 Å². The highest BCUT2D eigenvalue weighted by atomic mass is 32.2. The molecule has 1 aromatic rings. The molecule has 0 spiro atoms. The maximum Gasteiger partial charge on any atom is 0.321 e. The zero-order chi connectivity index (χ0) is 9.68. The molecule has 2 nitrogen and oxygen atoms in total. The Morgan fingerprint density at radius 2 is 2.08 bits per heavy atom. The summed E-state index contributed by atoms with van der Waals surface area (Å²) < 4.78 is 12.0. The standard InChI is InChI=1S/C9H9FO2S/c10-6-13-8(9(11)12)7-4-2-1-3-5-7/h1-5,8H,6H2,(H,11,12). The topological polar surface area (TPSA) is 37.3 Å². The number of halogens is 1. The van der Waals surface area contributed by atoms with E-state index in [0.717, 1.165) is 11.8 Å². The molecule has 1 N–H and O–H groups in total. The van der Waals surface area contributed by atoms with Crippen LogP contribution in [0.25, 0.3) is 0 Å². The first-order valence-electron chi connectivity index (χ1n) is 3.71. The molecular weight excluding hydrogens is 191 g/mol. The lowest BCUT2D eigenvalue weighted by Crippen LogP contribution is -2.07. The Morgan fingerprint density at radius 1 is 1.46 bits per heavy atom. The molecule has 0 aromatic heterocycles. The SMILES string of the molecule is O=C(O)C(SCF)c1ccccc1. The molecule has 0 saturated heterocycles. The van der Waals surface area contributed by atoms with Gasteiger partial charge in [0.1, 0.15) is 11.3 Å². The quantitative estimate of drug-likeness (QED) is 0.811. The van der Waals surface area contributed by atoms with Gasteiger partial charge in [-0.2, -0.15) is 0 Å². The van der Waals surface area contributed by atoms with Gasteiger partial charge in [-0.05, 0) is 5.56 Å². The number of carbonyl (C=O) groups is 1. The number of hydrogen-bond acceptors (Lipinski definition) is 2. The average Bonchev–Trinajstić information content (AvgIpc) is 2.15. The molecule has 0 bridgehead atoms. The minimum Gasteiger partial charge on any atom is -0.480 e. The highest BCUT2D eigenvalue weighted by Gasteiger charge is 2.19. The molecule has 0 aliphatic rings. The zero-order valence-electron chi connectivity index (χ0n) is 6.81. The number of carboxylic acids is 1. The third-order valence-electron chi connectivity index (χ3n) is 1.56. The van der Waals surface area contributed by atoms with Gasteiger partial charge in [0.05, 0.1) is 0 Å². The van der Waals surface area contributed by atoms with Gasteiger partial charge in [0, 0.05) is 0 Å². The van der Waals surface area contributed by atoms with Crippen LogP contribution < -0.4 is 0 Å². The molecule has 13 heavy (non-hydrogen) atoms. The van der Waals surface area contributed by atoms with Crippen LogP contribution in [0.4, 0.5) is 4.39 Å². The predicted octanol–water partition coefficient (Wildman–Crippen LogP) is 2.47. The Morgan fingerprint density at radius 3 is 2.54 bits per heavy atom. The summed E-state index contributed by atoms with van der Waals surface area (Å²) >= 11 is 0.771. The Balaban J connectivity index is 2.82. The highest BCUT2D eigenvalue weighted by Crippen LogP contribution is 2.28. The maximum absolute atomic E-state index is 12.0. The van der Waals surface area contributed by atoms with E-state index in [9.17, 15) is 9.18 Å². The molecular formula is C9H9FO2S. The van der Waals surface area contributed by atoms with E-state index in [4.69, 9.17) is 5.11 Å². The third-order valence-corrected chi connectivity index (χ3v) is 2.49. The van der Waals surface area contributed by atoms with Crippen LogP contribution in [0.5, 0.6) is 0 Å². The number of thioether (sulfide) groups is 1. The van der Waals surface area contributed by atoms with Crippen molar-refractivity contribution in [2.75, 3.05) is 6.01 Å². The molecule has 4 heteroatoms. The summed E-state index contributed by atoms with van der Waals surface area (Å²) in [7, 11) is 0. The molecule has 1 unspecified atom stereocenters. The normalized spacial score (nSPS) is 12.4. The molecule has 0 saturated carbocycles. The fourth-order valence-electron chi connectivity index (χ4n) is 1.00. The molecule has 0 aliphatic heterocycles. The first-order valence-corrected chi connectivity index (χ1v) is 4.76. The van der Waals surface area contributed by atoms with Gasteiger partial charge in [-0.25, -0.2) is 4.39 Å². The Hall–Kier alpha value is -1.03. The number of aliphatic carboxylic acids is 1. The van der Waals surface area contributed by atoms with Gasteiger partial charge >= 0.3 is 5.97 Å². The Labute approximate surface area is 79.8 Å². The second kappa shape index (κ2) is 4.87. The van der Waals surface area contributed by atoms with Crippen molar-refractivity contribution < 1.29 is 14.3 Å². The monoisotopic (exact) mass is 200 g/mol. The number of rotatable bonds is 4. The molecule has 70 valence electrons. The fourth-order valence-corrected chi connectivity index (χ4v) is 1.62. The number of alkyl halides is 1. The maximum atomic E-state index is 12.0. The van der Waals surface area contributed by atoms with E-state index in [-0.39, 0.29) is 0 Å². The predicted molar refractivity (Wildman–Crippen MR) is 50.4 cm³/mol. The van der Waals surface area contributed by atoms with Crippen LogP contribution in [-0.2, 0) is 4.79 Å². The summed E-state index contributed by atoms with van der Waals surface area (Å²) in [6, 6.07) is 7.95. The summed E-state index contributed by atoms with van der Waals surface area (Å²) in [6.45, 7) is 0. The van der Waals surface area contributed by atoms with Crippen molar-refractivity contribution in [3.8, 4) is 0 Å². The van der Waals surface area contributed by atoms with E-state index >= 15 is 0 Å². The van der Waals surface area contributed by atoms with Crippen LogP contribution in [0.3, 0.4) is 0 Å². The molecule has 0 radical (unpaired) electrons. The molecule has 0 aliphatic carbocycles. The van der Waals surface area contributed by atoms with Crippen LogP contribution in [0.2, 0.25) is 0 Å².